The molecule has 14 heavy (non-hydrogen) atoms. The van der Waals surface area contributed by atoms with Crippen molar-refractivity contribution in [3.05, 3.63) is 0 Å². The Morgan fingerprint density at radius 3 is 2.43 bits per heavy atom. The summed E-state index contributed by atoms with van der Waals surface area (Å²) in [5, 5.41) is 0. The molecule has 0 aliphatic heterocycles. The molecular formula is C10H22N2O2. The lowest BCUT2D eigenvalue weighted by Crippen LogP contribution is -2.42. The van der Waals surface area contributed by atoms with Crippen molar-refractivity contribution in [2.45, 2.75) is 32.7 Å². The third kappa shape index (κ3) is 5.94. The molecule has 0 saturated carbocycles. The number of hydrogen-bond donors (Lipinski definition) is 1. The molecular weight excluding hydrogens is 180 g/mol. The Bertz CT molecular complexity index is 175. The standard InChI is InChI=1S/C10H22N2O2/c1-5-12(6-7-14-4)9(13)8-10(2,3)11/h5-8,11H2,1-4H3. The van der Waals surface area contributed by atoms with E-state index >= 15 is 0 Å². The SMILES string of the molecule is CCN(CCOC)C(=O)CC(C)(C)N. The minimum Gasteiger partial charge on any atom is -0.383 e. The van der Waals surface area contributed by atoms with Gasteiger partial charge in [-0.25, -0.2) is 0 Å². The van der Waals surface area contributed by atoms with Crippen LogP contribution in [0.3, 0.4) is 0 Å². The fourth-order valence-electron chi connectivity index (χ4n) is 1.16. The van der Waals surface area contributed by atoms with Gasteiger partial charge in [0, 0.05) is 32.2 Å². The van der Waals surface area contributed by atoms with Crippen LogP contribution in [0.4, 0.5) is 0 Å². The molecule has 0 aromatic rings. The summed E-state index contributed by atoms with van der Waals surface area (Å²) in [6, 6.07) is 0. The Labute approximate surface area is 86.4 Å². The minimum atomic E-state index is -0.433. The lowest BCUT2D eigenvalue weighted by Gasteiger charge is -2.25. The summed E-state index contributed by atoms with van der Waals surface area (Å²) in [6.07, 6.45) is 0.380. The zero-order valence-electron chi connectivity index (χ0n) is 9.67. The molecule has 1 amide bonds. The van der Waals surface area contributed by atoms with Gasteiger partial charge in [0.15, 0.2) is 0 Å². The summed E-state index contributed by atoms with van der Waals surface area (Å²) >= 11 is 0. The van der Waals surface area contributed by atoms with Crippen LogP contribution in [0, 0.1) is 0 Å². The zero-order valence-corrected chi connectivity index (χ0v) is 9.67. The number of hydrogen-bond acceptors (Lipinski definition) is 3. The molecule has 0 bridgehead atoms. The van der Waals surface area contributed by atoms with Crippen molar-refractivity contribution in [2.75, 3.05) is 26.8 Å². The fourth-order valence-corrected chi connectivity index (χ4v) is 1.16. The molecule has 0 aromatic heterocycles. The van der Waals surface area contributed by atoms with E-state index in [2.05, 4.69) is 0 Å². The number of amides is 1. The molecule has 4 heteroatoms. The Kier molecular flexibility index (Phi) is 5.72. The van der Waals surface area contributed by atoms with E-state index in [0.29, 0.717) is 26.1 Å². The summed E-state index contributed by atoms with van der Waals surface area (Å²) < 4.78 is 4.93. The Morgan fingerprint density at radius 1 is 1.50 bits per heavy atom. The Morgan fingerprint density at radius 2 is 2.07 bits per heavy atom. The van der Waals surface area contributed by atoms with Gasteiger partial charge in [-0.05, 0) is 20.8 Å². The van der Waals surface area contributed by atoms with Crippen LogP contribution in [-0.4, -0.2) is 43.2 Å². The third-order valence-corrected chi connectivity index (χ3v) is 1.91. The number of ether oxygens (including phenoxy) is 1. The van der Waals surface area contributed by atoms with E-state index in [4.69, 9.17) is 10.5 Å². The van der Waals surface area contributed by atoms with E-state index in [1.54, 1.807) is 12.0 Å². The summed E-state index contributed by atoms with van der Waals surface area (Å²) in [4.78, 5) is 13.4. The number of nitrogens with two attached hydrogens (primary N) is 1. The lowest BCUT2D eigenvalue weighted by atomic mass is 10.0. The van der Waals surface area contributed by atoms with Crippen LogP contribution in [0.5, 0.6) is 0 Å². The molecule has 0 radical (unpaired) electrons. The van der Waals surface area contributed by atoms with Crippen molar-refractivity contribution in [2.24, 2.45) is 5.73 Å². The molecule has 0 aliphatic carbocycles. The first-order chi connectivity index (χ1) is 6.40. The van der Waals surface area contributed by atoms with E-state index in [-0.39, 0.29) is 5.91 Å². The number of rotatable bonds is 6. The van der Waals surface area contributed by atoms with Crippen molar-refractivity contribution in [3.63, 3.8) is 0 Å². The molecule has 0 aromatic carbocycles. The van der Waals surface area contributed by atoms with Crippen molar-refractivity contribution in [3.8, 4) is 0 Å². The van der Waals surface area contributed by atoms with Gasteiger partial charge in [-0.15, -0.1) is 0 Å². The highest BCUT2D eigenvalue weighted by Gasteiger charge is 2.20. The minimum absolute atomic E-state index is 0.0945. The molecule has 2 N–H and O–H groups in total. The molecule has 0 unspecified atom stereocenters. The first-order valence-electron chi connectivity index (χ1n) is 4.96. The molecule has 0 heterocycles. The maximum Gasteiger partial charge on any atom is 0.224 e. The van der Waals surface area contributed by atoms with Gasteiger partial charge in [-0.1, -0.05) is 0 Å². The van der Waals surface area contributed by atoms with Crippen LogP contribution in [0.25, 0.3) is 0 Å². The second-order valence-electron chi connectivity index (χ2n) is 4.13. The van der Waals surface area contributed by atoms with Gasteiger partial charge in [-0.2, -0.15) is 0 Å². The highest BCUT2D eigenvalue weighted by molar-refractivity contribution is 5.77. The van der Waals surface area contributed by atoms with Crippen molar-refractivity contribution < 1.29 is 9.53 Å². The third-order valence-electron chi connectivity index (χ3n) is 1.91. The number of nitrogens with zero attached hydrogens (tertiary/aromatic N) is 1. The smallest absolute Gasteiger partial charge is 0.224 e. The number of carbonyl (C=O) groups is 1. The van der Waals surface area contributed by atoms with Gasteiger partial charge in [-0.3, -0.25) is 4.79 Å². The Balaban J connectivity index is 4.04. The van der Waals surface area contributed by atoms with Crippen molar-refractivity contribution in [1.82, 2.24) is 4.90 Å². The summed E-state index contributed by atoms with van der Waals surface area (Å²) in [6.45, 7) is 7.59. The van der Waals surface area contributed by atoms with Gasteiger partial charge >= 0.3 is 0 Å². The highest BCUT2D eigenvalue weighted by Crippen LogP contribution is 2.06. The summed E-state index contributed by atoms with van der Waals surface area (Å²) in [5.74, 6) is 0.0945. The second-order valence-corrected chi connectivity index (χ2v) is 4.13. The van der Waals surface area contributed by atoms with Crippen LogP contribution in [0.1, 0.15) is 27.2 Å². The monoisotopic (exact) mass is 202 g/mol. The van der Waals surface area contributed by atoms with Crippen LogP contribution in [0.2, 0.25) is 0 Å². The average molecular weight is 202 g/mol. The first kappa shape index (κ1) is 13.4. The van der Waals surface area contributed by atoms with Gasteiger partial charge in [0.05, 0.1) is 6.61 Å². The van der Waals surface area contributed by atoms with E-state index in [1.807, 2.05) is 20.8 Å². The summed E-state index contributed by atoms with van der Waals surface area (Å²) in [5.41, 5.74) is 5.35. The van der Waals surface area contributed by atoms with Gasteiger partial charge < -0.3 is 15.4 Å². The molecule has 0 saturated heterocycles. The quantitative estimate of drug-likeness (QED) is 0.686. The van der Waals surface area contributed by atoms with E-state index < -0.39 is 5.54 Å². The van der Waals surface area contributed by atoms with Crippen molar-refractivity contribution >= 4 is 5.91 Å². The second kappa shape index (κ2) is 5.98. The first-order valence-corrected chi connectivity index (χ1v) is 4.96. The van der Waals surface area contributed by atoms with Crippen LogP contribution >= 0.6 is 0 Å². The maximum absolute atomic E-state index is 11.7. The normalized spacial score (nSPS) is 11.5. The Hall–Kier alpha value is -0.610. The number of methoxy groups -OCH3 is 1. The summed E-state index contributed by atoms with van der Waals surface area (Å²) in [7, 11) is 1.63. The maximum atomic E-state index is 11.7. The predicted molar refractivity (Wildman–Crippen MR) is 57.0 cm³/mol. The predicted octanol–water partition coefficient (Wildman–Crippen LogP) is 0.609. The molecule has 84 valence electrons. The number of carbonyl (C=O) groups excluding carboxylic acids is 1. The zero-order chi connectivity index (χ0) is 11.2. The van der Waals surface area contributed by atoms with Crippen LogP contribution < -0.4 is 5.73 Å². The lowest BCUT2D eigenvalue weighted by molar-refractivity contribution is -0.132. The average Bonchev–Trinajstić information content (AvgIpc) is 2.02. The molecule has 0 aliphatic rings. The van der Waals surface area contributed by atoms with Crippen LogP contribution in [0.15, 0.2) is 0 Å². The van der Waals surface area contributed by atoms with E-state index in [9.17, 15) is 4.79 Å². The topological polar surface area (TPSA) is 55.6 Å². The fraction of sp³-hybridized carbons (Fsp3) is 0.900. The van der Waals surface area contributed by atoms with Gasteiger partial charge in [0.25, 0.3) is 0 Å². The highest BCUT2D eigenvalue weighted by atomic mass is 16.5. The molecule has 0 fully saturated rings. The molecule has 0 atom stereocenters. The van der Waals surface area contributed by atoms with Crippen LogP contribution in [-0.2, 0) is 9.53 Å². The number of likely N-dealkylation sites (N-methyl/N-ethyl adjacent to an activating group) is 1. The van der Waals surface area contributed by atoms with E-state index in [0.717, 1.165) is 0 Å². The van der Waals surface area contributed by atoms with Crippen molar-refractivity contribution in [1.29, 1.82) is 0 Å². The van der Waals surface area contributed by atoms with Gasteiger partial charge in [0.2, 0.25) is 5.91 Å². The molecule has 4 nitrogen and oxygen atoms in total. The molecule has 0 rings (SSSR count). The molecule has 0 spiro atoms. The van der Waals surface area contributed by atoms with Gasteiger partial charge in [0.1, 0.15) is 0 Å². The van der Waals surface area contributed by atoms with E-state index in [1.165, 1.54) is 0 Å². The largest absolute Gasteiger partial charge is 0.383 e.